The zero-order valence-corrected chi connectivity index (χ0v) is 9.97. The van der Waals surface area contributed by atoms with Crippen molar-refractivity contribution in [3.63, 3.8) is 0 Å². The Morgan fingerprint density at radius 2 is 2.35 bits per heavy atom. The molecule has 0 atom stereocenters. The van der Waals surface area contributed by atoms with Crippen LogP contribution < -0.4 is 10.8 Å². The number of aliphatic hydroxyl groups is 1. The minimum atomic E-state index is -0.0975. The molecule has 0 bridgehead atoms. The van der Waals surface area contributed by atoms with Gasteiger partial charge >= 0.3 is 0 Å². The van der Waals surface area contributed by atoms with Crippen molar-refractivity contribution in [2.75, 3.05) is 30.6 Å². The predicted molar refractivity (Wildman–Crippen MR) is 64.2 cm³/mol. The Hall–Kier alpha value is -1.84. The second-order valence-electron chi connectivity index (χ2n) is 3.43. The number of aromatic nitrogens is 1. The summed E-state index contributed by atoms with van der Waals surface area (Å²) in [6.07, 6.45) is 0. The molecular weight excluding hydrogens is 220 g/mol. The topological polar surface area (TPSA) is 95.4 Å². The molecule has 0 radical (unpaired) electrons. The third-order valence-electron chi connectivity index (χ3n) is 2.19. The predicted octanol–water partition coefficient (Wildman–Crippen LogP) is 0.594. The second kappa shape index (κ2) is 6.03. The number of hydrogen-bond acceptors (Lipinski definition) is 6. The van der Waals surface area contributed by atoms with Crippen LogP contribution in [0.15, 0.2) is 6.07 Å². The molecule has 3 N–H and O–H groups in total. The molecule has 6 nitrogen and oxygen atoms in total. The first-order chi connectivity index (χ1) is 8.13. The van der Waals surface area contributed by atoms with Crippen molar-refractivity contribution in [1.29, 1.82) is 5.26 Å². The van der Waals surface area contributed by atoms with Gasteiger partial charge in [-0.1, -0.05) is 0 Å². The first-order valence-corrected chi connectivity index (χ1v) is 5.32. The molecule has 0 aliphatic rings. The maximum absolute atomic E-state index is 9.10. The lowest BCUT2D eigenvalue weighted by Gasteiger charge is -2.22. The van der Waals surface area contributed by atoms with Gasteiger partial charge in [-0.2, -0.15) is 5.26 Å². The normalized spacial score (nSPS) is 10.0. The van der Waals surface area contributed by atoms with E-state index in [2.05, 4.69) is 11.1 Å². The highest BCUT2D eigenvalue weighted by Gasteiger charge is 2.15. The van der Waals surface area contributed by atoms with E-state index in [1.807, 2.05) is 6.92 Å². The number of aryl methyl sites for hydroxylation is 1. The molecule has 92 valence electrons. The number of hydroxylamine groups is 1. The summed E-state index contributed by atoms with van der Waals surface area (Å²) < 4.78 is 0. The van der Waals surface area contributed by atoms with Crippen molar-refractivity contribution in [1.82, 2.24) is 4.98 Å². The molecule has 0 saturated carbocycles. The van der Waals surface area contributed by atoms with Gasteiger partial charge in [0.25, 0.3) is 0 Å². The third kappa shape index (κ3) is 3.06. The highest BCUT2D eigenvalue weighted by atomic mass is 16.7. The number of hydrogen-bond donors (Lipinski definition) is 2. The minimum absolute atomic E-state index is 0.0975. The smallest absolute Gasteiger partial charge is 0.172 e. The van der Waals surface area contributed by atoms with Gasteiger partial charge in [0.05, 0.1) is 18.8 Å². The van der Waals surface area contributed by atoms with Crippen molar-refractivity contribution in [2.24, 2.45) is 0 Å². The molecule has 6 heteroatoms. The Morgan fingerprint density at radius 1 is 1.65 bits per heavy atom. The van der Waals surface area contributed by atoms with E-state index < -0.39 is 0 Å². The number of rotatable bonds is 5. The Kier molecular flexibility index (Phi) is 4.69. The summed E-state index contributed by atoms with van der Waals surface area (Å²) in [7, 11) is 0. The van der Waals surface area contributed by atoms with Crippen LogP contribution in [0.2, 0.25) is 0 Å². The summed E-state index contributed by atoms with van der Waals surface area (Å²) in [5.74, 6) is 0.725. The summed E-state index contributed by atoms with van der Waals surface area (Å²) in [4.78, 5) is 9.40. The van der Waals surface area contributed by atoms with Crippen LogP contribution in [0.4, 0.5) is 11.6 Å². The number of pyridine rings is 1. The lowest BCUT2D eigenvalue weighted by atomic mass is 10.1. The third-order valence-corrected chi connectivity index (χ3v) is 2.19. The first kappa shape index (κ1) is 13.2. The zero-order chi connectivity index (χ0) is 12.8. The summed E-state index contributed by atoms with van der Waals surface area (Å²) in [5, 5.41) is 19.3. The molecule has 1 aromatic rings. The molecular formula is C11H16N4O2. The van der Waals surface area contributed by atoms with E-state index in [4.69, 9.17) is 20.9 Å². The van der Waals surface area contributed by atoms with Crippen LogP contribution in [0.5, 0.6) is 0 Å². The molecule has 17 heavy (non-hydrogen) atoms. The van der Waals surface area contributed by atoms with Gasteiger partial charge in [0.2, 0.25) is 0 Å². The molecule has 0 amide bonds. The highest BCUT2D eigenvalue weighted by Crippen LogP contribution is 2.22. The summed E-state index contributed by atoms with van der Waals surface area (Å²) in [5.41, 5.74) is 6.83. The number of nitrogens with two attached hydrogens (primary N) is 1. The number of nitriles is 1. The standard InChI is InChI=1S/C11H16N4O2/c1-3-15(17-5-4-16)11-9(7-12)8(2)6-10(13)14-11/h6,16H,3-5H2,1-2H3,(H2,13,14). The number of aliphatic hydroxyl groups excluding tert-OH is 1. The Morgan fingerprint density at radius 3 is 2.88 bits per heavy atom. The Balaban J connectivity index is 3.13. The van der Waals surface area contributed by atoms with Gasteiger partial charge in [-0.3, -0.25) is 4.84 Å². The summed E-state index contributed by atoms with van der Waals surface area (Å²) >= 11 is 0. The average Bonchev–Trinajstić information content (AvgIpc) is 2.29. The molecule has 0 aliphatic carbocycles. The van der Waals surface area contributed by atoms with Crippen LogP contribution >= 0.6 is 0 Å². The molecule has 1 aromatic heterocycles. The van der Waals surface area contributed by atoms with Gasteiger partial charge in [0.1, 0.15) is 11.9 Å². The number of anilines is 2. The highest BCUT2D eigenvalue weighted by molar-refractivity contribution is 5.60. The summed E-state index contributed by atoms with van der Waals surface area (Å²) in [6.45, 7) is 4.21. The minimum Gasteiger partial charge on any atom is -0.394 e. The van der Waals surface area contributed by atoms with Gasteiger partial charge < -0.3 is 10.8 Å². The molecule has 1 heterocycles. The van der Waals surface area contributed by atoms with Crippen molar-refractivity contribution >= 4 is 11.6 Å². The van der Waals surface area contributed by atoms with E-state index in [-0.39, 0.29) is 13.2 Å². The van der Waals surface area contributed by atoms with Gasteiger partial charge in [0, 0.05) is 6.54 Å². The van der Waals surface area contributed by atoms with Crippen molar-refractivity contribution < 1.29 is 9.94 Å². The van der Waals surface area contributed by atoms with E-state index in [1.54, 1.807) is 13.0 Å². The lowest BCUT2D eigenvalue weighted by Crippen LogP contribution is -2.27. The molecule has 0 aromatic carbocycles. The van der Waals surface area contributed by atoms with Crippen LogP contribution in [0.3, 0.4) is 0 Å². The number of nitrogen functional groups attached to an aromatic ring is 1. The summed E-state index contributed by atoms with van der Waals surface area (Å²) in [6, 6.07) is 3.72. The van der Waals surface area contributed by atoms with Gasteiger partial charge in [-0.15, -0.1) is 0 Å². The average molecular weight is 236 g/mol. The molecule has 0 spiro atoms. The van der Waals surface area contributed by atoms with Crippen LogP contribution in [0.1, 0.15) is 18.1 Å². The molecule has 0 unspecified atom stereocenters. The van der Waals surface area contributed by atoms with Crippen molar-refractivity contribution in [3.05, 3.63) is 17.2 Å². The first-order valence-electron chi connectivity index (χ1n) is 5.32. The fraction of sp³-hybridized carbons (Fsp3) is 0.455. The Bertz CT molecular complexity index is 428. The van der Waals surface area contributed by atoms with Gasteiger partial charge in [-0.05, 0) is 25.5 Å². The molecule has 1 rings (SSSR count). The van der Waals surface area contributed by atoms with E-state index in [1.165, 1.54) is 5.06 Å². The van der Waals surface area contributed by atoms with Gasteiger partial charge in [-0.25, -0.2) is 10.0 Å². The van der Waals surface area contributed by atoms with Gasteiger partial charge in [0.15, 0.2) is 5.82 Å². The Labute approximate surface area is 100 Å². The quantitative estimate of drug-likeness (QED) is 0.727. The van der Waals surface area contributed by atoms with Crippen molar-refractivity contribution in [3.8, 4) is 6.07 Å². The van der Waals surface area contributed by atoms with Crippen LogP contribution in [0, 0.1) is 18.3 Å². The van der Waals surface area contributed by atoms with E-state index >= 15 is 0 Å². The van der Waals surface area contributed by atoms with Crippen LogP contribution in [-0.2, 0) is 4.84 Å². The monoisotopic (exact) mass is 236 g/mol. The largest absolute Gasteiger partial charge is 0.394 e. The molecule has 0 aliphatic heterocycles. The van der Waals surface area contributed by atoms with Crippen LogP contribution in [0.25, 0.3) is 0 Å². The van der Waals surface area contributed by atoms with Crippen LogP contribution in [-0.4, -0.2) is 29.8 Å². The number of nitrogens with zero attached hydrogens (tertiary/aromatic N) is 3. The second-order valence-corrected chi connectivity index (χ2v) is 3.43. The lowest BCUT2D eigenvalue weighted by molar-refractivity contribution is 0.0732. The van der Waals surface area contributed by atoms with E-state index in [9.17, 15) is 0 Å². The van der Waals surface area contributed by atoms with E-state index in [0.717, 1.165) is 5.56 Å². The maximum atomic E-state index is 9.10. The van der Waals surface area contributed by atoms with E-state index in [0.29, 0.717) is 23.7 Å². The van der Waals surface area contributed by atoms with Crippen molar-refractivity contribution in [2.45, 2.75) is 13.8 Å². The molecule has 0 fully saturated rings. The fourth-order valence-corrected chi connectivity index (χ4v) is 1.45. The fourth-order valence-electron chi connectivity index (χ4n) is 1.45. The maximum Gasteiger partial charge on any atom is 0.172 e. The zero-order valence-electron chi connectivity index (χ0n) is 9.97. The molecule has 0 saturated heterocycles. The SMILES string of the molecule is CCN(OCCO)c1nc(N)cc(C)c1C#N.